The lowest BCUT2D eigenvalue weighted by Gasteiger charge is -2.03. The predicted octanol–water partition coefficient (Wildman–Crippen LogP) is 1.92. The largest absolute Gasteiger partial charge is 0.292 e. The third-order valence-electron chi connectivity index (χ3n) is 1.28. The molecule has 1 rings (SSSR count). The molecule has 0 saturated carbocycles. The normalized spacial score (nSPS) is 10.1. The molecule has 0 aliphatic carbocycles. The Morgan fingerprint density at radius 2 is 2.46 bits per heavy atom. The lowest BCUT2D eigenvalue weighted by Crippen LogP contribution is -2.10. The van der Waals surface area contributed by atoms with Crippen molar-refractivity contribution in [3.05, 3.63) is 11.2 Å². The molecule has 72 valence electrons. The summed E-state index contributed by atoms with van der Waals surface area (Å²) < 4.78 is 0. The second-order valence-corrected chi connectivity index (χ2v) is 3.83. The van der Waals surface area contributed by atoms with E-state index in [1.807, 2.05) is 0 Å². The molecule has 0 radical (unpaired) electrons. The van der Waals surface area contributed by atoms with Gasteiger partial charge in [-0.3, -0.25) is 5.43 Å². The Bertz CT molecular complexity index is 281. The van der Waals surface area contributed by atoms with Gasteiger partial charge in [0.2, 0.25) is 5.95 Å². The number of hydrazine groups is 1. The first kappa shape index (κ1) is 10.6. The second kappa shape index (κ2) is 5.26. The molecule has 0 saturated heterocycles. The zero-order chi connectivity index (χ0) is 9.68. The van der Waals surface area contributed by atoms with Gasteiger partial charge in [0, 0.05) is 0 Å². The highest BCUT2D eigenvalue weighted by atomic mass is 35.5. The van der Waals surface area contributed by atoms with E-state index >= 15 is 0 Å². The van der Waals surface area contributed by atoms with Crippen molar-refractivity contribution in [1.82, 2.24) is 9.97 Å². The maximum absolute atomic E-state index is 5.87. The SMILES string of the molecule is CCCSc1nc(NN)ncc1Cl. The van der Waals surface area contributed by atoms with E-state index in [4.69, 9.17) is 17.4 Å². The van der Waals surface area contributed by atoms with Gasteiger partial charge in [-0.1, -0.05) is 18.5 Å². The van der Waals surface area contributed by atoms with Crippen LogP contribution < -0.4 is 11.3 Å². The van der Waals surface area contributed by atoms with Crippen LogP contribution in [0.5, 0.6) is 0 Å². The van der Waals surface area contributed by atoms with Crippen LogP contribution in [0.2, 0.25) is 5.02 Å². The molecule has 0 bridgehead atoms. The van der Waals surface area contributed by atoms with Gasteiger partial charge in [-0.25, -0.2) is 15.8 Å². The van der Waals surface area contributed by atoms with Crippen LogP contribution in [-0.2, 0) is 0 Å². The van der Waals surface area contributed by atoms with Crippen LogP contribution in [0.4, 0.5) is 5.95 Å². The first-order chi connectivity index (χ1) is 6.27. The van der Waals surface area contributed by atoms with Crippen molar-refractivity contribution in [2.75, 3.05) is 11.2 Å². The van der Waals surface area contributed by atoms with E-state index in [2.05, 4.69) is 22.3 Å². The summed E-state index contributed by atoms with van der Waals surface area (Å²) in [7, 11) is 0. The molecule has 13 heavy (non-hydrogen) atoms. The van der Waals surface area contributed by atoms with Crippen LogP contribution in [0.3, 0.4) is 0 Å². The summed E-state index contributed by atoms with van der Waals surface area (Å²) in [5, 5.41) is 1.34. The molecule has 0 aliphatic heterocycles. The van der Waals surface area contributed by atoms with Crippen LogP contribution in [-0.4, -0.2) is 15.7 Å². The number of hydrogen-bond acceptors (Lipinski definition) is 5. The van der Waals surface area contributed by atoms with E-state index in [1.54, 1.807) is 18.0 Å². The van der Waals surface area contributed by atoms with E-state index in [-0.39, 0.29) is 0 Å². The molecule has 1 heterocycles. The Hall–Kier alpha value is -0.520. The molecule has 0 spiro atoms. The van der Waals surface area contributed by atoms with Crippen molar-refractivity contribution in [1.29, 1.82) is 0 Å². The summed E-state index contributed by atoms with van der Waals surface area (Å²) >= 11 is 7.47. The highest BCUT2D eigenvalue weighted by Crippen LogP contribution is 2.25. The first-order valence-electron chi connectivity index (χ1n) is 3.90. The Labute approximate surface area is 86.3 Å². The third-order valence-corrected chi connectivity index (χ3v) is 2.87. The molecule has 0 aromatic carbocycles. The second-order valence-electron chi connectivity index (χ2n) is 2.34. The number of nitrogen functional groups attached to an aromatic ring is 1. The van der Waals surface area contributed by atoms with Crippen LogP contribution in [0, 0.1) is 0 Å². The molecule has 3 N–H and O–H groups in total. The maximum atomic E-state index is 5.87. The number of hydrogen-bond donors (Lipinski definition) is 2. The minimum atomic E-state index is 0.392. The zero-order valence-electron chi connectivity index (χ0n) is 7.25. The van der Waals surface area contributed by atoms with Gasteiger partial charge in [0.25, 0.3) is 0 Å². The number of nitrogens with zero attached hydrogens (tertiary/aromatic N) is 2. The number of rotatable bonds is 4. The van der Waals surface area contributed by atoms with Crippen molar-refractivity contribution in [3.63, 3.8) is 0 Å². The van der Waals surface area contributed by atoms with Crippen molar-refractivity contribution < 1.29 is 0 Å². The summed E-state index contributed by atoms with van der Waals surface area (Å²) in [6.07, 6.45) is 2.62. The van der Waals surface area contributed by atoms with Gasteiger partial charge in [0.15, 0.2) is 0 Å². The monoisotopic (exact) mass is 218 g/mol. The fraction of sp³-hybridized carbons (Fsp3) is 0.429. The van der Waals surface area contributed by atoms with Gasteiger partial charge in [-0.05, 0) is 12.2 Å². The molecule has 1 aromatic rings. The molecule has 1 aromatic heterocycles. The number of aromatic nitrogens is 2. The maximum Gasteiger partial charge on any atom is 0.238 e. The lowest BCUT2D eigenvalue weighted by atomic mass is 10.6. The topological polar surface area (TPSA) is 63.8 Å². The fourth-order valence-corrected chi connectivity index (χ4v) is 1.71. The fourth-order valence-electron chi connectivity index (χ4n) is 0.721. The standard InChI is InChI=1S/C7H11ClN4S/c1-2-3-13-6-5(8)4-10-7(11-6)12-9/h4H,2-3,9H2,1H3,(H,10,11,12). The molecule has 0 fully saturated rings. The summed E-state index contributed by atoms with van der Waals surface area (Å²) in [4.78, 5) is 7.99. The average Bonchev–Trinajstić information content (AvgIpc) is 2.17. The molecule has 0 aliphatic rings. The Morgan fingerprint density at radius 3 is 3.08 bits per heavy atom. The molecule has 0 amide bonds. The third kappa shape index (κ3) is 3.02. The zero-order valence-corrected chi connectivity index (χ0v) is 8.82. The van der Waals surface area contributed by atoms with Gasteiger partial charge >= 0.3 is 0 Å². The van der Waals surface area contributed by atoms with Crippen molar-refractivity contribution >= 4 is 29.3 Å². The van der Waals surface area contributed by atoms with E-state index in [0.717, 1.165) is 17.2 Å². The van der Waals surface area contributed by atoms with Gasteiger partial charge in [-0.15, -0.1) is 11.8 Å². The average molecular weight is 219 g/mol. The Morgan fingerprint density at radius 1 is 1.69 bits per heavy atom. The van der Waals surface area contributed by atoms with Gasteiger partial charge < -0.3 is 0 Å². The molecule has 6 heteroatoms. The van der Waals surface area contributed by atoms with Gasteiger partial charge in [0.1, 0.15) is 5.03 Å². The Balaban J connectivity index is 2.78. The Kier molecular flexibility index (Phi) is 4.27. The van der Waals surface area contributed by atoms with E-state index < -0.39 is 0 Å². The van der Waals surface area contributed by atoms with E-state index in [9.17, 15) is 0 Å². The highest BCUT2D eigenvalue weighted by molar-refractivity contribution is 7.99. The summed E-state index contributed by atoms with van der Waals surface area (Å²) in [5.74, 6) is 6.55. The van der Waals surface area contributed by atoms with E-state index in [0.29, 0.717) is 11.0 Å². The highest BCUT2D eigenvalue weighted by Gasteiger charge is 2.04. The quantitative estimate of drug-likeness (QED) is 0.350. The molecular weight excluding hydrogens is 208 g/mol. The predicted molar refractivity (Wildman–Crippen MR) is 55.9 cm³/mol. The molecular formula is C7H11ClN4S. The van der Waals surface area contributed by atoms with Crippen LogP contribution in [0.25, 0.3) is 0 Å². The van der Waals surface area contributed by atoms with Gasteiger partial charge in [0.05, 0.1) is 11.2 Å². The summed E-state index contributed by atoms with van der Waals surface area (Å²) in [6.45, 7) is 2.10. The van der Waals surface area contributed by atoms with Crippen molar-refractivity contribution in [2.45, 2.75) is 18.4 Å². The number of nitrogens with two attached hydrogens (primary N) is 1. The minimum absolute atomic E-state index is 0.392. The minimum Gasteiger partial charge on any atom is -0.292 e. The molecule has 0 unspecified atom stereocenters. The van der Waals surface area contributed by atoms with Gasteiger partial charge in [-0.2, -0.15) is 0 Å². The molecule has 0 atom stereocenters. The summed E-state index contributed by atoms with van der Waals surface area (Å²) in [6, 6.07) is 0. The number of nitrogens with one attached hydrogen (secondary N) is 1. The van der Waals surface area contributed by atoms with Crippen LogP contribution in [0.1, 0.15) is 13.3 Å². The van der Waals surface area contributed by atoms with Crippen LogP contribution >= 0.6 is 23.4 Å². The van der Waals surface area contributed by atoms with E-state index in [1.165, 1.54) is 0 Å². The smallest absolute Gasteiger partial charge is 0.238 e. The molecule has 4 nitrogen and oxygen atoms in total. The van der Waals surface area contributed by atoms with Crippen LogP contribution in [0.15, 0.2) is 11.2 Å². The lowest BCUT2D eigenvalue weighted by molar-refractivity contribution is 1.02. The number of anilines is 1. The van der Waals surface area contributed by atoms with Crippen molar-refractivity contribution in [3.8, 4) is 0 Å². The number of thioether (sulfide) groups is 1. The summed E-state index contributed by atoms with van der Waals surface area (Å²) in [5.41, 5.74) is 2.38. The first-order valence-corrected chi connectivity index (χ1v) is 5.26. The van der Waals surface area contributed by atoms with Crippen molar-refractivity contribution in [2.24, 2.45) is 5.84 Å². The number of halogens is 1.